The van der Waals surface area contributed by atoms with Crippen LogP contribution in [0.1, 0.15) is 44.7 Å². The van der Waals surface area contributed by atoms with Crippen LogP contribution in [0.15, 0.2) is 43.0 Å². The van der Waals surface area contributed by atoms with E-state index in [0.717, 1.165) is 23.1 Å². The lowest BCUT2D eigenvalue weighted by molar-refractivity contribution is 0.224. The first kappa shape index (κ1) is 15.9. The minimum absolute atomic E-state index is 0.0818. The topological polar surface area (TPSA) is 41.1 Å². The van der Waals surface area contributed by atoms with Crippen LogP contribution < -0.4 is 10.6 Å². The van der Waals surface area contributed by atoms with Gasteiger partial charge in [-0.1, -0.05) is 42.5 Å². The molecule has 1 aromatic rings. The Balaban J connectivity index is 1.65. The van der Waals surface area contributed by atoms with Crippen molar-refractivity contribution in [3.8, 4) is 0 Å². The van der Waals surface area contributed by atoms with Crippen molar-refractivity contribution in [2.75, 3.05) is 0 Å². The van der Waals surface area contributed by atoms with Crippen LogP contribution in [0, 0.1) is 11.8 Å². The largest absolute Gasteiger partial charge is 0.335 e. The normalized spacial score (nSPS) is 25.4. The Bertz CT molecular complexity index is 659. The van der Waals surface area contributed by atoms with E-state index in [1.165, 1.54) is 6.42 Å². The zero-order valence-corrected chi connectivity index (χ0v) is 14.2. The summed E-state index contributed by atoms with van der Waals surface area (Å²) in [6, 6.07) is 8.41. The minimum atomic E-state index is -0.428. The second-order valence-corrected chi connectivity index (χ2v) is 7.47. The summed E-state index contributed by atoms with van der Waals surface area (Å²) in [6.07, 6.45) is 6.80. The first-order chi connectivity index (χ1) is 10.8. The van der Waals surface area contributed by atoms with Gasteiger partial charge in [-0.15, -0.1) is 0 Å². The molecule has 2 aliphatic carbocycles. The highest BCUT2D eigenvalue weighted by atomic mass is 16.2. The minimum Gasteiger partial charge on any atom is -0.335 e. The van der Waals surface area contributed by atoms with Crippen molar-refractivity contribution in [1.29, 1.82) is 0 Å². The van der Waals surface area contributed by atoms with Gasteiger partial charge < -0.3 is 10.6 Å². The van der Waals surface area contributed by atoms with Crippen LogP contribution >= 0.6 is 0 Å². The Hall–Kier alpha value is -2.03. The third-order valence-electron chi connectivity index (χ3n) is 5.10. The van der Waals surface area contributed by atoms with E-state index >= 15 is 0 Å². The number of carbonyl (C=O) groups is 1. The van der Waals surface area contributed by atoms with E-state index in [9.17, 15) is 4.79 Å². The fourth-order valence-electron chi connectivity index (χ4n) is 3.68. The smallest absolute Gasteiger partial charge is 0.315 e. The Morgan fingerprint density at radius 2 is 2.04 bits per heavy atom. The molecule has 1 saturated carbocycles. The number of allylic oxidation sites excluding steroid dienone is 2. The Morgan fingerprint density at radius 1 is 1.26 bits per heavy atom. The van der Waals surface area contributed by atoms with E-state index in [1.54, 1.807) is 0 Å². The molecular formula is C20H26N2O. The predicted molar refractivity (Wildman–Crippen MR) is 95.0 cm³/mol. The van der Waals surface area contributed by atoms with Gasteiger partial charge in [0.15, 0.2) is 0 Å². The summed E-state index contributed by atoms with van der Waals surface area (Å²) in [7, 11) is 0. The molecular weight excluding hydrogens is 284 g/mol. The molecule has 3 atom stereocenters. The monoisotopic (exact) mass is 310 g/mol. The summed E-state index contributed by atoms with van der Waals surface area (Å²) in [4.78, 5) is 12.4. The van der Waals surface area contributed by atoms with Gasteiger partial charge in [0.1, 0.15) is 0 Å². The van der Waals surface area contributed by atoms with Crippen molar-refractivity contribution in [3.05, 3.63) is 54.1 Å². The summed E-state index contributed by atoms with van der Waals surface area (Å²) in [6.45, 7) is 10.1. The summed E-state index contributed by atoms with van der Waals surface area (Å²) < 4.78 is 0. The van der Waals surface area contributed by atoms with E-state index in [2.05, 4.69) is 35.4 Å². The van der Waals surface area contributed by atoms with E-state index in [0.29, 0.717) is 11.8 Å². The van der Waals surface area contributed by atoms with Crippen molar-refractivity contribution in [1.82, 2.24) is 10.6 Å². The molecule has 3 nitrogen and oxygen atoms in total. The fraction of sp³-hybridized carbons (Fsp3) is 0.450. The van der Waals surface area contributed by atoms with Crippen molar-refractivity contribution >= 4 is 11.6 Å². The van der Waals surface area contributed by atoms with Gasteiger partial charge in [-0.2, -0.15) is 0 Å². The quantitative estimate of drug-likeness (QED) is 0.803. The summed E-state index contributed by atoms with van der Waals surface area (Å²) in [5.41, 5.74) is 2.79. The van der Waals surface area contributed by atoms with Gasteiger partial charge in [0.25, 0.3) is 0 Å². The third-order valence-corrected chi connectivity index (χ3v) is 5.10. The number of hydrogen-bond acceptors (Lipinski definition) is 1. The maximum atomic E-state index is 12.4. The average molecular weight is 310 g/mol. The maximum absolute atomic E-state index is 12.4. The van der Waals surface area contributed by atoms with Crippen molar-refractivity contribution in [3.63, 3.8) is 0 Å². The molecule has 3 heteroatoms. The van der Waals surface area contributed by atoms with Gasteiger partial charge in [0.2, 0.25) is 0 Å². The zero-order chi connectivity index (χ0) is 16.6. The maximum Gasteiger partial charge on any atom is 0.315 e. The highest BCUT2D eigenvalue weighted by Gasteiger charge is 2.37. The molecule has 2 N–H and O–H groups in total. The van der Waals surface area contributed by atoms with E-state index in [1.807, 2.05) is 39.0 Å². The second-order valence-electron chi connectivity index (χ2n) is 7.47. The standard InChI is InChI=1S/C20H26N2O/c1-13(2)15-6-5-7-17(12-15)20(3,4)22-19(23)21-18-11-14-8-9-16(18)10-14/h5-9,12,14,16,18H,1,10-11H2,2-4H3,(H2,21,22,23). The lowest BCUT2D eigenvalue weighted by atomic mass is 9.92. The molecule has 2 amide bonds. The van der Waals surface area contributed by atoms with Gasteiger partial charge >= 0.3 is 6.03 Å². The van der Waals surface area contributed by atoms with Crippen LogP contribution in [-0.4, -0.2) is 12.1 Å². The molecule has 122 valence electrons. The summed E-state index contributed by atoms with van der Waals surface area (Å²) >= 11 is 0. The van der Waals surface area contributed by atoms with Crippen LogP contribution in [0.4, 0.5) is 4.79 Å². The highest BCUT2D eigenvalue weighted by molar-refractivity contribution is 5.75. The molecule has 1 aromatic carbocycles. The van der Waals surface area contributed by atoms with Gasteiger partial charge in [-0.05, 0) is 62.6 Å². The van der Waals surface area contributed by atoms with Gasteiger partial charge in [-0.3, -0.25) is 0 Å². The lowest BCUT2D eigenvalue weighted by Gasteiger charge is -2.29. The van der Waals surface area contributed by atoms with Crippen molar-refractivity contribution < 1.29 is 4.79 Å². The molecule has 0 aromatic heterocycles. The number of fused-ring (bicyclic) bond motifs is 2. The zero-order valence-electron chi connectivity index (χ0n) is 14.2. The summed E-state index contributed by atoms with van der Waals surface area (Å²) in [5, 5.41) is 6.28. The van der Waals surface area contributed by atoms with Gasteiger partial charge in [0, 0.05) is 6.04 Å². The van der Waals surface area contributed by atoms with Crippen LogP contribution in [0.25, 0.3) is 5.57 Å². The number of benzene rings is 1. The second kappa shape index (κ2) is 5.88. The molecule has 0 radical (unpaired) electrons. The van der Waals surface area contributed by atoms with Crippen LogP contribution in [0.3, 0.4) is 0 Å². The molecule has 0 aliphatic heterocycles. The molecule has 3 rings (SSSR count). The Kier molecular flexibility index (Phi) is 4.05. The number of nitrogens with one attached hydrogen (secondary N) is 2. The lowest BCUT2D eigenvalue weighted by Crippen LogP contribution is -2.50. The first-order valence-electron chi connectivity index (χ1n) is 8.38. The first-order valence-corrected chi connectivity index (χ1v) is 8.38. The number of urea groups is 1. The van der Waals surface area contributed by atoms with E-state index < -0.39 is 5.54 Å². The SMILES string of the molecule is C=C(C)c1cccc(C(C)(C)NC(=O)NC2CC3C=CC2C3)c1. The molecule has 23 heavy (non-hydrogen) atoms. The molecule has 2 aliphatic rings. The van der Waals surface area contributed by atoms with E-state index in [4.69, 9.17) is 0 Å². The fourth-order valence-corrected chi connectivity index (χ4v) is 3.68. The summed E-state index contributed by atoms with van der Waals surface area (Å²) in [5.74, 6) is 1.17. The number of amides is 2. The Labute approximate surface area is 138 Å². The van der Waals surface area contributed by atoms with Gasteiger partial charge in [-0.25, -0.2) is 4.79 Å². The molecule has 2 bridgehead atoms. The number of rotatable bonds is 4. The molecule has 0 saturated heterocycles. The van der Waals surface area contributed by atoms with Crippen LogP contribution in [0.2, 0.25) is 0 Å². The molecule has 0 spiro atoms. The van der Waals surface area contributed by atoms with Crippen LogP contribution in [-0.2, 0) is 5.54 Å². The van der Waals surface area contributed by atoms with E-state index in [-0.39, 0.29) is 12.1 Å². The van der Waals surface area contributed by atoms with Crippen molar-refractivity contribution in [2.45, 2.75) is 45.2 Å². The van der Waals surface area contributed by atoms with Crippen molar-refractivity contribution in [2.24, 2.45) is 11.8 Å². The molecule has 0 heterocycles. The molecule has 1 fully saturated rings. The average Bonchev–Trinajstić information content (AvgIpc) is 3.09. The highest BCUT2D eigenvalue weighted by Crippen LogP contribution is 2.39. The third kappa shape index (κ3) is 3.34. The Morgan fingerprint density at radius 3 is 2.65 bits per heavy atom. The number of hydrogen-bond donors (Lipinski definition) is 2. The molecule has 3 unspecified atom stereocenters. The van der Waals surface area contributed by atoms with Crippen LogP contribution in [0.5, 0.6) is 0 Å². The number of carbonyl (C=O) groups excluding carboxylic acids is 1. The predicted octanol–water partition coefficient (Wildman–Crippen LogP) is 4.22. The van der Waals surface area contributed by atoms with Gasteiger partial charge in [0.05, 0.1) is 5.54 Å².